The van der Waals surface area contributed by atoms with Gasteiger partial charge in [0.05, 0.1) is 0 Å². The van der Waals surface area contributed by atoms with Gasteiger partial charge in [-0.15, -0.1) is 0 Å². The molecule has 4 heterocycles. The van der Waals surface area contributed by atoms with Gasteiger partial charge in [-0.2, -0.15) is 0 Å². The van der Waals surface area contributed by atoms with Gasteiger partial charge in [0.2, 0.25) is 0 Å². The average Bonchev–Trinajstić information content (AvgIpc) is 3.29. The van der Waals surface area contributed by atoms with E-state index in [9.17, 15) is 0 Å². The van der Waals surface area contributed by atoms with Crippen molar-refractivity contribution in [3.8, 4) is 0 Å². The number of nitrogens with zero attached hydrogens (tertiary/aromatic N) is 2. The Kier molecular flexibility index (Phi) is 12.9. The minimum absolute atomic E-state index is 0.0704. The van der Waals surface area contributed by atoms with Gasteiger partial charge in [0, 0.05) is 0 Å². The molecule has 386 valence electrons. The summed E-state index contributed by atoms with van der Waals surface area (Å²) in [4.78, 5) is 5.08. The molecule has 2 nitrogen and oxygen atoms in total. The molecule has 0 amide bonds. The van der Waals surface area contributed by atoms with E-state index in [1.807, 2.05) is 0 Å². The third-order valence-corrected chi connectivity index (χ3v) is 25.9. The van der Waals surface area contributed by atoms with E-state index in [4.69, 9.17) is 0 Å². The number of rotatable bonds is 6. The third kappa shape index (κ3) is 9.28. The zero-order chi connectivity index (χ0) is 54.2. The average molecular weight is 1270 g/mol. The molecular weight excluding hydrogens is 1210 g/mol. The Hall–Kier alpha value is -5.21. The maximum atomic E-state index is 2.74. The summed E-state index contributed by atoms with van der Waals surface area (Å²) in [5.74, 6) is 0. The second kappa shape index (κ2) is 19.2. The number of hydrogen-bond donors (Lipinski definition) is 0. The van der Waals surface area contributed by atoms with Crippen molar-refractivity contribution < 1.29 is 0 Å². The van der Waals surface area contributed by atoms with E-state index in [0.717, 1.165) is 0 Å². The molecule has 13 rings (SSSR count). The van der Waals surface area contributed by atoms with Crippen LogP contribution in [0.2, 0.25) is 0 Å². The van der Waals surface area contributed by atoms with Crippen LogP contribution in [0.1, 0.15) is 105 Å². The summed E-state index contributed by atoms with van der Waals surface area (Å²) in [6.07, 6.45) is 0. The molecule has 0 aliphatic carbocycles. The summed E-state index contributed by atoms with van der Waals surface area (Å²) in [6.45, 7) is 28.1. The van der Waals surface area contributed by atoms with Crippen LogP contribution < -0.4 is 78.3 Å². The number of anilines is 6. The molecule has 0 saturated heterocycles. The monoisotopic (exact) mass is 1280 g/mol. The van der Waals surface area contributed by atoms with Crippen LogP contribution in [0.3, 0.4) is 0 Å². The molecule has 9 aromatic carbocycles. The van der Waals surface area contributed by atoms with Crippen molar-refractivity contribution in [1.82, 2.24) is 0 Å². The summed E-state index contributed by atoms with van der Waals surface area (Å²) in [6, 6.07) is 72.3. The molecule has 0 unspecified atom stereocenters. The first-order chi connectivity index (χ1) is 37.2. The normalized spacial score (nSPS) is 14.2. The zero-order valence-corrected chi connectivity index (χ0v) is 53.9. The summed E-state index contributed by atoms with van der Waals surface area (Å²) in [7, 11) is 0. The van der Waals surface area contributed by atoms with Crippen LogP contribution in [0.25, 0.3) is 0 Å². The van der Waals surface area contributed by atoms with E-state index in [1.54, 1.807) is 30.8 Å². The number of fused-ring (bicyclic) bond motifs is 8. The van der Waals surface area contributed by atoms with Crippen molar-refractivity contribution in [2.24, 2.45) is 0 Å². The second-order valence-corrected chi connectivity index (χ2v) is 34.9. The first kappa shape index (κ1) is 52.2. The van der Waals surface area contributed by atoms with Crippen LogP contribution in [-0.4, -0.2) is 73.3 Å². The van der Waals surface area contributed by atoms with Crippen molar-refractivity contribution >= 4 is 176 Å². The molecule has 0 aromatic heterocycles. The molecule has 0 radical (unpaired) electrons. The molecule has 4 aliphatic rings. The molecule has 0 N–H and O–H groups in total. The Labute approximate surface area is 490 Å². The quantitative estimate of drug-likeness (QED) is 0.171. The molecule has 4 aliphatic heterocycles. The van der Waals surface area contributed by atoms with Gasteiger partial charge in [0.1, 0.15) is 0 Å². The van der Waals surface area contributed by atoms with Crippen molar-refractivity contribution in [3.63, 3.8) is 0 Å². The van der Waals surface area contributed by atoms with E-state index in [0.29, 0.717) is 0 Å². The SMILES string of the molecule is CC(C)(C)c1ccc(N(c2ccc(C(C)(C)C)cc2)c2cc3c4c(c2)[Se]c2cc5c(cc2B4c2ccccc2[Se]3)B2c3ccccc3[Se]c3cc(N(c4ccc(C(C)(C)C)cc4)c4ccc(C(C)(C)C)cc4)cc(c32)[Se]5)cc1. The maximum absolute atomic E-state index is 2.74. The van der Waals surface area contributed by atoms with Crippen LogP contribution in [0.15, 0.2) is 182 Å². The molecule has 8 heteroatoms. The predicted molar refractivity (Wildman–Crippen MR) is 346 cm³/mol. The third-order valence-electron chi connectivity index (χ3n) is 16.3. The van der Waals surface area contributed by atoms with Crippen LogP contribution in [0.5, 0.6) is 0 Å². The van der Waals surface area contributed by atoms with Gasteiger partial charge >= 0.3 is 495 Å². The van der Waals surface area contributed by atoms with Crippen LogP contribution in [0.4, 0.5) is 34.1 Å². The van der Waals surface area contributed by atoms with Crippen LogP contribution >= 0.6 is 0 Å². The number of benzene rings is 9. The Morgan fingerprint density at radius 3 is 0.808 bits per heavy atom. The van der Waals surface area contributed by atoms with E-state index < -0.39 is 0 Å². The topological polar surface area (TPSA) is 6.48 Å². The second-order valence-electron chi connectivity index (χ2n) is 25.8. The van der Waals surface area contributed by atoms with E-state index in [-0.39, 0.29) is 94.9 Å². The van der Waals surface area contributed by atoms with Gasteiger partial charge in [-0.25, -0.2) is 0 Å². The Morgan fingerprint density at radius 1 is 0.256 bits per heavy atom. The molecular formula is C70H66B2N2Se4. The van der Waals surface area contributed by atoms with Crippen LogP contribution in [0, 0.1) is 0 Å². The molecule has 0 fully saturated rings. The fourth-order valence-corrected chi connectivity index (χ4v) is 23.2. The fraction of sp³-hybridized carbons (Fsp3) is 0.229. The Bertz CT molecular complexity index is 3480. The summed E-state index contributed by atoms with van der Waals surface area (Å²) < 4.78 is 12.3. The summed E-state index contributed by atoms with van der Waals surface area (Å²) in [5, 5.41) is 0. The molecule has 78 heavy (non-hydrogen) atoms. The van der Waals surface area contributed by atoms with E-state index in [1.165, 1.54) is 94.1 Å². The van der Waals surface area contributed by atoms with Crippen molar-refractivity contribution in [3.05, 3.63) is 204 Å². The Balaban J connectivity index is 0.965. The fourth-order valence-electron chi connectivity index (χ4n) is 12.0. The van der Waals surface area contributed by atoms with Crippen molar-refractivity contribution in [2.45, 2.75) is 105 Å². The minimum atomic E-state index is 0.0704. The molecule has 0 saturated carbocycles. The first-order valence-electron chi connectivity index (χ1n) is 27.6. The predicted octanol–water partition coefficient (Wildman–Crippen LogP) is 6.72. The van der Waals surface area contributed by atoms with Gasteiger partial charge in [-0.1, -0.05) is 0 Å². The van der Waals surface area contributed by atoms with E-state index in [2.05, 4.69) is 275 Å². The van der Waals surface area contributed by atoms with Gasteiger partial charge in [-0.3, -0.25) is 0 Å². The molecule has 0 atom stereocenters. The van der Waals surface area contributed by atoms with Gasteiger partial charge in [0.15, 0.2) is 0 Å². The summed E-state index contributed by atoms with van der Waals surface area (Å²) >= 11 is 0.548. The number of hydrogen-bond acceptors (Lipinski definition) is 2. The van der Waals surface area contributed by atoms with E-state index >= 15 is 0 Å². The van der Waals surface area contributed by atoms with Gasteiger partial charge in [0.25, 0.3) is 0 Å². The Morgan fingerprint density at radius 2 is 0.526 bits per heavy atom. The van der Waals surface area contributed by atoms with Gasteiger partial charge < -0.3 is 0 Å². The summed E-state index contributed by atoms with van der Waals surface area (Å²) in [5.41, 5.74) is 22.3. The van der Waals surface area contributed by atoms with Gasteiger partial charge in [-0.05, 0) is 0 Å². The zero-order valence-electron chi connectivity index (χ0n) is 47.0. The molecule has 0 bridgehead atoms. The van der Waals surface area contributed by atoms with Crippen molar-refractivity contribution in [1.29, 1.82) is 0 Å². The standard InChI is InChI=1S/C70H66B2N2Se4/c1-67(2,3)43-21-29-47(30-22-43)73(48-31-23-44(24-32-48)68(4,5)6)51-37-61-65-63(39-51)77-59-42-60-56(41-55(59)71(65)53-17-13-15-19-57(53)75-61)72-54-18-14-16-20-58(54)76-62-38-52(40-64(78-60)66(62)72)74(49-33-25-45(26-34-49)69(7,8)9)50-35-27-46(28-36-50)70(10,11)12/h13-42H,1-12H3. The molecule has 0 spiro atoms. The van der Waals surface area contributed by atoms with Crippen molar-refractivity contribution in [2.75, 3.05) is 9.80 Å². The first-order valence-corrected chi connectivity index (χ1v) is 34.5. The van der Waals surface area contributed by atoms with Crippen LogP contribution in [-0.2, 0) is 21.7 Å². The molecule has 9 aromatic rings.